The molecule has 0 aliphatic carbocycles. The highest BCUT2D eigenvalue weighted by molar-refractivity contribution is 5.80. The SMILES string of the molecule is CCC(C)NC(=NC)NCC(C)(C)c1cccc(OC)c1. The van der Waals surface area contributed by atoms with Crippen molar-refractivity contribution in [1.82, 2.24) is 10.6 Å². The van der Waals surface area contributed by atoms with Gasteiger partial charge in [-0.1, -0.05) is 32.9 Å². The first-order chi connectivity index (χ1) is 9.92. The van der Waals surface area contributed by atoms with Crippen molar-refractivity contribution >= 4 is 5.96 Å². The second-order valence-electron chi connectivity index (χ2n) is 6.00. The lowest BCUT2D eigenvalue weighted by atomic mass is 9.84. The van der Waals surface area contributed by atoms with Crippen LogP contribution in [0.5, 0.6) is 5.75 Å². The third kappa shape index (κ3) is 5.29. The van der Waals surface area contributed by atoms with Gasteiger partial charge in [-0.15, -0.1) is 0 Å². The molecule has 4 heteroatoms. The number of benzene rings is 1. The minimum Gasteiger partial charge on any atom is -0.497 e. The molecule has 0 bridgehead atoms. The van der Waals surface area contributed by atoms with Crippen LogP contribution in [0.25, 0.3) is 0 Å². The molecule has 0 radical (unpaired) electrons. The topological polar surface area (TPSA) is 45.7 Å². The number of ether oxygens (including phenoxy) is 1. The molecule has 0 aliphatic rings. The van der Waals surface area contributed by atoms with E-state index in [-0.39, 0.29) is 5.41 Å². The number of nitrogens with one attached hydrogen (secondary N) is 2. The van der Waals surface area contributed by atoms with Crippen molar-refractivity contribution in [3.05, 3.63) is 29.8 Å². The molecule has 4 nitrogen and oxygen atoms in total. The minimum absolute atomic E-state index is 0.0123. The van der Waals surface area contributed by atoms with Gasteiger partial charge in [0.1, 0.15) is 5.75 Å². The second-order valence-corrected chi connectivity index (χ2v) is 6.00. The normalized spacial score (nSPS) is 13.7. The van der Waals surface area contributed by atoms with Crippen molar-refractivity contribution in [2.75, 3.05) is 20.7 Å². The molecule has 21 heavy (non-hydrogen) atoms. The van der Waals surface area contributed by atoms with Crippen LogP contribution in [0.1, 0.15) is 39.7 Å². The van der Waals surface area contributed by atoms with Crippen molar-refractivity contribution in [1.29, 1.82) is 0 Å². The van der Waals surface area contributed by atoms with E-state index in [1.54, 1.807) is 14.2 Å². The monoisotopic (exact) mass is 291 g/mol. The van der Waals surface area contributed by atoms with Gasteiger partial charge < -0.3 is 15.4 Å². The highest BCUT2D eigenvalue weighted by atomic mass is 16.5. The van der Waals surface area contributed by atoms with E-state index in [9.17, 15) is 0 Å². The Morgan fingerprint density at radius 1 is 1.38 bits per heavy atom. The van der Waals surface area contributed by atoms with E-state index in [4.69, 9.17) is 4.74 Å². The van der Waals surface area contributed by atoms with Gasteiger partial charge in [-0.25, -0.2) is 0 Å². The molecule has 0 spiro atoms. The molecule has 1 aromatic carbocycles. The lowest BCUT2D eigenvalue weighted by Crippen LogP contribution is -2.46. The molecule has 0 saturated heterocycles. The zero-order valence-corrected chi connectivity index (χ0v) is 14.2. The first-order valence-electron chi connectivity index (χ1n) is 7.54. The van der Waals surface area contributed by atoms with Crippen LogP contribution in [-0.2, 0) is 5.41 Å². The molecule has 1 unspecified atom stereocenters. The predicted molar refractivity (Wildman–Crippen MR) is 90.3 cm³/mol. The van der Waals surface area contributed by atoms with Gasteiger partial charge in [-0.2, -0.15) is 0 Å². The van der Waals surface area contributed by atoms with Crippen LogP contribution in [0.4, 0.5) is 0 Å². The third-order valence-electron chi connectivity index (χ3n) is 3.77. The van der Waals surface area contributed by atoms with Gasteiger partial charge in [-0.3, -0.25) is 4.99 Å². The van der Waals surface area contributed by atoms with Crippen LogP contribution in [-0.4, -0.2) is 32.7 Å². The zero-order valence-electron chi connectivity index (χ0n) is 14.2. The van der Waals surface area contributed by atoms with Crippen LogP contribution < -0.4 is 15.4 Å². The number of hydrogen-bond acceptors (Lipinski definition) is 2. The molecule has 0 fully saturated rings. The second kappa shape index (κ2) is 7.91. The quantitative estimate of drug-likeness (QED) is 0.626. The molecule has 1 aromatic rings. The Morgan fingerprint density at radius 2 is 2.10 bits per heavy atom. The van der Waals surface area contributed by atoms with Crippen molar-refractivity contribution in [3.63, 3.8) is 0 Å². The first-order valence-corrected chi connectivity index (χ1v) is 7.54. The van der Waals surface area contributed by atoms with E-state index in [1.165, 1.54) is 5.56 Å². The summed E-state index contributed by atoms with van der Waals surface area (Å²) < 4.78 is 5.31. The van der Waals surface area contributed by atoms with Gasteiger partial charge in [0.25, 0.3) is 0 Å². The lowest BCUT2D eigenvalue weighted by molar-refractivity contribution is 0.411. The fourth-order valence-corrected chi connectivity index (χ4v) is 1.98. The Kier molecular flexibility index (Phi) is 6.53. The molecular formula is C17H29N3O. The Morgan fingerprint density at radius 3 is 2.67 bits per heavy atom. The van der Waals surface area contributed by atoms with Gasteiger partial charge in [0.15, 0.2) is 5.96 Å². The maximum atomic E-state index is 5.31. The number of guanidine groups is 1. The fourth-order valence-electron chi connectivity index (χ4n) is 1.98. The summed E-state index contributed by atoms with van der Waals surface area (Å²) in [7, 11) is 3.50. The van der Waals surface area contributed by atoms with E-state index >= 15 is 0 Å². The summed E-state index contributed by atoms with van der Waals surface area (Å²) in [6, 6.07) is 8.64. The summed E-state index contributed by atoms with van der Waals surface area (Å²) in [5.74, 6) is 1.74. The fraction of sp³-hybridized carbons (Fsp3) is 0.588. The average molecular weight is 291 g/mol. The van der Waals surface area contributed by atoms with Gasteiger partial charge in [0.05, 0.1) is 7.11 Å². The Labute approximate surface area is 129 Å². The van der Waals surface area contributed by atoms with Crippen molar-refractivity contribution in [2.45, 2.75) is 45.6 Å². The molecule has 1 atom stereocenters. The van der Waals surface area contributed by atoms with Crippen molar-refractivity contribution in [2.24, 2.45) is 4.99 Å². The summed E-state index contributed by atoms with van der Waals surface area (Å²) in [6.07, 6.45) is 1.07. The largest absolute Gasteiger partial charge is 0.497 e. The molecular weight excluding hydrogens is 262 g/mol. The number of hydrogen-bond donors (Lipinski definition) is 2. The summed E-state index contributed by atoms with van der Waals surface area (Å²) in [5, 5.41) is 6.79. The Hall–Kier alpha value is -1.71. The molecule has 0 amide bonds. The van der Waals surface area contributed by atoms with Gasteiger partial charge in [0, 0.05) is 25.0 Å². The maximum absolute atomic E-state index is 5.31. The Balaban J connectivity index is 2.70. The standard InChI is InChI=1S/C17H29N3O/c1-7-13(2)20-16(18-5)19-12-17(3,4)14-9-8-10-15(11-14)21-6/h8-11,13H,7,12H2,1-6H3,(H2,18,19,20). The number of aliphatic imine (C=N–C) groups is 1. The van der Waals surface area contributed by atoms with E-state index in [2.05, 4.69) is 55.5 Å². The molecule has 0 heterocycles. The van der Waals surface area contributed by atoms with Gasteiger partial charge in [0.2, 0.25) is 0 Å². The molecule has 2 N–H and O–H groups in total. The highest BCUT2D eigenvalue weighted by Crippen LogP contribution is 2.25. The average Bonchev–Trinajstić information content (AvgIpc) is 2.51. The van der Waals surface area contributed by atoms with Crippen LogP contribution in [0, 0.1) is 0 Å². The lowest BCUT2D eigenvalue weighted by Gasteiger charge is -2.27. The molecule has 0 saturated carbocycles. The first kappa shape index (κ1) is 17.3. The van der Waals surface area contributed by atoms with Crippen molar-refractivity contribution in [3.8, 4) is 5.75 Å². The third-order valence-corrected chi connectivity index (χ3v) is 3.77. The van der Waals surface area contributed by atoms with Crippen LogP contribution in [0.3, 0.4) is 0 Å². The van der Waals surface area contributed by atoms with Crippen LogP contribution >= 0.6 is 0 Å². The molecule has 118 valence electrons. The smallest absolute Gasteiger partial charge is 0.191 e. The summed E-state index contributed by atoms with van der Waals surface area (Å²) in [6.45, 7) is 9.54. The van der Waals surface area contributed by atoms with E-state index in [1.807, 2.05) is 12.1 Å². The van der Waals surface area contributed by atoms with E-state index in [0.717, 1.165) is 24.7 Å². The summed E-state index contributed by atoms with van der Waals surface area (Å²) >= 11 is 0. The molecule has 0 aromatic heterocycles. The number of nitrogens with zero attached hydrogens (tertiary/aromatic N) is 1. The van der Waals surface area contributed by atoms with Gasteiger partial charge in [-0.05, 0) is 31.0 Å². The summed E-state index contributed by atoms with van der Waals surface area (Å²) in [5.41, 5.74) is 1.23. The Bertz CT molecular complexity index is 469. The molecule has 0 aliphatic heterocycles. The number of methoxy groups -OCH3 is 1. The van der Waals surface area contributed by atoms with Crippen molar-refractivity contribution < 1.29 is 4.74 Å². The maximum Gasteiger partial charge on any atom is 0.191 e. The minimum atomic E-state index is -0.0123. The van der Waals surface area contributed by atoms with Crippen LogP contribution in [0.2, 0.25) is 0 Å². The summed E-state index contributed by atoms with van der Waals surface area (Å²) in [4.78, 5) is 4.28. The molecule has 1 rings (SSSR count). The van der Waals surface area contributed by atoms with E-state index in [0.29, 0.717) is 6.04 Å². The van der Waals surface area contributed by atoms with Gasteiger partial charge >= 0.3 is 0 Å². The number of rotatable bonds is 6. The zero-order chi connectivity index (χ0) is 15.9. The van der Waals surface area contributed by atoms with E-state index < -0.39 is 0 Å². The highest BCUT2D eigenvalue weighted by Gasteiger charge is 2.21. The van der Waals surface area contributed by atoms with Crippen LogP contribution in [0.15, 0.2) is 29.3 Å². The predicted octanol–water partition coefficient (Wildman–Crippen LogP) is 2.94.